The van der Waals surface area contributed by atoms with E-state index in [-0.39, 0.29) is 18.5 Å². The van der Waals surface area contributed by atoms with Gasteiger partial charge in [-0.1, -0.05) is 42.5 Å². The fraction of sp³-hybridized carbons (Fsp3) is 0.188. The van der Waals surface area contributed by atoms with Gasteiger partial charge in [0.25, 0.3) is 0 Å². The van der Waals surface area contributed by atoms with E-state index in [0.29, 0.717) is 5.69 Å². The summed E-state index contributed by atoms with van der Waals surface area (Å²) >= 11 is 0. The molecule has 2 aromatic carbocycles. The molecule has 5 nitrogen and oxygen atoms in total. The molecule has 0 heterocycles. The van der Waals surface area contributed by atoms with Crippen LogP contribution in [0.3, 0.4) is 0 Å². The van der Waals surface area contributed by atoms with E-state index in [1.807, 2.05) is 55.5 Å². The third-order valence-electron chi connectivity index (χ3n) is 3.31. The van der Waals surface area contributed by atoms with Gasteiger partial charge in [-0.2, -0.15) is 0 Å². The third-order valence-corrected chi connectivity index (χ3v) is 3.31. The second-order valence-electron chi connectivity index (χ2n) is 4.92. The zero-order valence-corrected chi connectivity index (χ0v) is 12.0. The number of nitrogens with one attached hydrogen (secondary N) is 2. The molecule has 110 valence electrons. The van der Waals surface area contributed by atoms with Gasteiger partial charge in [-0.15, -0.1) is 0 Å². The predicted molar refractivity (Wildman–Crippen MR) is 84.2 cm³/mol. The van der Waals surface area contributed by atoms with E-state index in [2.05, 4.69) is 10.7 Å². The summed E-state index contributed by atoms with van der Waals surface area (Å²) in [4.78, 5) is 11.4. The second kappa shape index (κ2) is 6.88. The number of aryl methyl sites for hydroxylation is 1. The first-order valence-corrected chi connectivity index (χ1v) is 6.75. The molecule has 1 amide bonds. The van der Waals surface area contributed by atoms with Gasteiger partial charge < -0.3 is 5.73 Å². The first-order valence-electron chi connectivity index (χ1n) is 6.75. The number of hydrogen-bond acceptors (Lipinski definition) is 4. The number of amides is 1. The minimum absolute atomic E-state index is 0.114. The number of rotatable bonds is 5. The van der Waals surface area contributed by atoms with E-state index in [1.54, 1.807) is 0 Å². The van der Waals surface area contributed by atoms with Gasteiger partial charge in [0.15, 0.2) is 0 Å². The van der Waals surface area contributed by atoms with Crippen LogP contribution in [0, 0.1) is 6.92 Å². The monoisotopic (exact) mass is 284 g/mol. The van der Waals surface area contributed by atoms with Crippen LogP contribution in [0.4, 0.5) is 5.69 Å². The lowest BCUT2D eigenvalue weighted by Crippen LogP contribution is -2.39. The molecule has 2 rings (SSSR count). The molecule has 5 heteroatoms. The van der Waals surface area contributed by atoms with E-state index in [9.17, 15) is 4.79 Å². The number of carbonyl (C=O) groups excluding carboxylic acids is 1. The minimum Gasteiger partial charge on any atom is -0.398 e. The number of hydrogen-bond donors (Lipinski definition) is 4. The molecule has 0 radical (unpaired) electrons. The molecule has 6 N–H and O–H groups in total. The fourth-order valence-electron chi connectivity index (χ4n) is 2.26. The van der Waals surface area contributed by atoms with Gasteiger partial charge in [0, 0.05) is 5.69 Å². The predicted octanol–water partition coefficient (Wildman–Crippen LogP) is 1.25. The highest BCUT2D eigenvalue weighted by atomic mass is 16.2. The molecule has 1 unspecified atom stereocenters. The van der Waals surface area contributed by atoms with Crippen LogP contribution in [0.25, 0.3) is 0 Å². The molecule has 0 saturated carbocycles. The van der Waals surface area contributed by atoms with E-state index in [0.717, 1.165) is 16.7 Å². The summed E-state index contributed by atoms with van der Waals surface area (Å²) in [6.07, 6.45) is 0. The lowest BCUT2D eigenvalue weighted by molar-refractivity contribution is -0.120. The highest BCUT2D eigenvalue weighted by Gasteiger charge is 2.17. The topological polar surface area (TPSA) is 93.2 Å². The van der Waals surface area contributed by atoms with E-state index in [4.69, 9.17) is 11.6 Å². The number of nitrogens with two attached hydrogens (primary N) is 2. The average molecular weight is 284 g/mol. The Morgan fingerprint density at radius 2 is 1.90 bits per heavy atom. The van der Waals surface area contributed by atoms with E-state index in [1.165, 1.54) is 0 Å². The minimum atomic E-state index is -0.276. The Balaban J connectivity index is 2.33. The summed E-state index contributed by atoms with van der Waals surface area (Å²) in [6, 6.07) is 15.6. The molecule has 0 bridgehead atoms. The Morgan fingerprint density at radius 1 is 1.19 bits per heavy atom. The van der Waals surface area contributed by atoms with Gasteiger partial charge in [0.1, 0.15) is 0 Å². The lowest BCUT2D eigenvalue weighted by atomic mass is 9.96. The van der Waals surface area contributed by atoms with Crippen LogP contribution in [0.1, 0.15) is 22.7 Å². The second-order valence-corrected chi connectivity index (χ2v) is 4.92. The lowest BCUT2D eigenvalue weighted by Gasteiger charge is -2.21. The van der Waals surface area contributed by atoms with Crippen LogP contribution in [0.2, 0.25) is 0 Å². The van der Waals surface area contributed by atoms with Crippen molar-refractivity contribution in [2.75, 3.05) is 12.3 Å². The van der Waals surface area contributed by atoms with Crippen molar-refractivity contribution in [1.29, 1.82) is 0 Å². The molecule has 0 aliphatic rings. The van der Waals surface area contributed by atoms with Crippen LogP contribution in [0.5, 0.6) is 0 Å². The van der Waals surface area contributed by atoms with Crippen molar-refractivity contribution in [3.63, 3.8) is 0 Å². The zero-order valence-electron chi connectivity index (χ0n) is 12.0. The van der Waals surface area contributed by atoms with E-state index >= 15 is 0 Å². The van der Waals surface area contributed by atoms with Crippen LogP contribution < -0.4 is 22.3 Å². The summed E-state index contributed by atoms with van der Waals surface area (Å²) in [6.45, 7) is 2.11. The number of anilines is 1. The van der Waals surface area contributed by atoms with Gasteiger partial charge in [-0.05, 0) is 29.7 Å². The Kier molecular flexibility index (Phi) is 4.92. The summed E-state index contributed by atoms with van der Waals surface area (Å²) in [5.74, 6) is 4.84. The zero-order chi connectivity index (χ0) is 15.2. The first-order chi connectivity index (χ1) is 10.1. The van der Waals surface area contributed by atoms with Gasteiger partial charge >= 0.3 is 0 Å². The Morgan fingerprint density at radius 3 is 2.52 bits per heavy atom. The first kappa shape index (κ1) is 15.0. The van der Waals surface area contributed by atoms with Crippen molar-refractivity contribution in [3.05, 3.63) is 65.2 Å². The number of nitrogen functional groups attached to an aromatic ring is 1. The van der Waals surface area contributed by atoms with Crippen molar-refractivity contribution >= 4 is 11.6 Å². The quantitative estimate of drug-likeness (QED) is 0.288. The molecule has 1 atom stereocenters. The SMILES string of the molecule is Cc1ccc(C(NCC(=O)NN)c2ccccc2)c(N)c1. The molecule has 0 aliphatic heterocycles. The Labute approximate surface area is 124 Å². The normalized spacial score (nSPS) is 11.9. The van der Waals surface area contributed by atoms with Crippen LogP contribution in [0.15, 0.2) is 48.5 Å². The number of benzene rings is 2. The molecule has 0 saturated heterocycles. The van der Waals surface area contributed by atoms with Crippen molar-refractivity contribution in [2.24, 2.45) is 5.84 Å². The number of carbonyl (C=O) groups is 1. The van der Waals surface area contributed by atoms with Crippen LogP contribution >= 0.6 is 0 Å². The standard InChI is InChI=1S/C16H20N4O/c1-11-7-8-13(14(17)9-11)16(19-10-15(21)20-18)12-5-3-2-4-6-12/h2-9,16,19H,10,17-18H2,1H3,(H,20,21). The molecule has 0 spiro atoms. The highest BCUT2D eigenvalue weighted by molar-refractivity contribution is 5.77. The summed E-state index contributed by atoms with van der Waals surface area (Å²) in [7, 11) is 0. The van der Waals surface area contributed by atoms with Crippen molar-refractivity contribution in [3.8, 4) is 0 Å². The third kappa shape index (κ3) is 3.81. The van der Waals surface area contributed by atoms with Gasteiger partial charge in [-0.3, -0.25) is 15.5 Å². The van der Waals surface area contributed by atoms with Crippen LogP contribution in [-0.4, -0.2) is 12.5 Å². The van der Waals surface area contributed by atoms with Crippen molar-refractivity contribution < 1.29 is 4.79 Å². The Hall–Kier alpha value is -2.37. The number of hydrazine groups is 1. The summed E-state index contributed by atoms with van der Waals surface area (Å²) < 4.78 is 0. The maximum atomic E-state index is 11.4. The van der Waals surface area contributed by atoms with Gasteiger partial charge in [0.05, 0.1) is 12.6 Å². The smallest absolute Gasteiger partial charge is 0.247 e. The van der Waals surface area contributed by atoms with Crippen molar-refractivity contribution in [2.45, 2.75) is 13.0 Å². The maximum Gasteiger partial charge on any atom is 0.247 e. The fourth-order valence-corrected chi connectivity index (χ4v) is 2.26. The average Bonchev–Trinajstić information content (AvgIpc) is 2.50. The molecule has 21 heavy (non-hydrogen) atoms. The summed E-state index contributed by atoms with van der Waals surface area (Å²) in [5.41, 5.74) is 12.0. The van der Waals surface area contributed by atoms with Crippen molar-refractivity contribution in [1.82, 2.24) is 10.7 Å². The highest BCUT2D eigenvalue weighted by Crippen LogP contribution is 2.27. The largest absolute Gasteiger partial charge is 0.398 e. The molecule has 0 aliphatic carbocycles. The molecular weight excluding hydrogens is 264 g/mol. The molecule has 2 aromatic rings. The molecule has 0 aromatic heterocycles. The Bertz CT molecular complexity index is 613. The van der Waals surface area contributed by atoms with Gasteiger partial charge in [-0.25, -0.2) is 5.84 Å². The summed E-state index contributed by atoms with van der Waals surface area (Å²) in [5, 5.41) is 3.19. The maximum absolute atomic E-state index is 11.4. The van der Waals surface area contributed by atoms with E-state index < -0.39 is 0 Å². The molecular formula is C16H20N4O. The van der Waals surface area contributed by atoms with Crippen LogP contribution in [-0.2, 0) is 4.79 Å². The van der Waals surface area contributed by atoms with Gasteiger partial charge in [0.2, 0.25) is 5.91 Å². The molecule has 0 fully saturated rings.